The Labute approximate surface area is 133 Å². The molecule has 0 saturated carbocycles. The largest absolute Gasteiger partial charge is 0.366 e. The number of fused-ring (bicyclic) bond motifs is 1. The number of ether oxygens (including phenoxy) is 1. The third-order valence-electron chi connectivity index (χ3n) is 3.53. The first kappa shape index (κ1) is 14.9. The van der Waals surface area contributed by atoms with Crippen molar-refractivity contribution in [2.24, 2.45) is 0 Å². The fourth-order valence-corrected chi connectivity index (χ4v) is 2.48. The summed E-state index contributed by atoms with van der Waals surface area (Å²) < 4.78 is 11.0. The van der Waals surface area contributed by atoms with Crippen LogP contribution >= 0.6 is 12.4 Å². The van der Waals surface area contributed by atoms with Crippen LogP contribution in [0.2, 0.25) is 0 Å². The number of nitrogens with zero attached hydrogens (tertiary/aromatic N) is 3. The fourth-order valence-electron chi connectivity index (χ4n) is 2.48. The lowest BCUT2D eigenvalue weighted by molar-refractivity contribution is 0.00755. The average Bonchev–Trinajstić information content (AvgIpc) is 3.05. The molecule has 114 valence electrons. The first-order chi connectivity index (χ1) is 10.4. The van der Waals surface area contributed by atoms with Crippen molar-refractivity contribution < 1.29 is 9.26 Å². The highest BCUT2D eigenvalue weighted by Gasteiger charge is 2.23. The third kappa shape index (κ3) is 2.68. The molecule has 0 aliphatic carbocycles. The van der Waals surface area contributed by atoms with Crippen molar-refractivity contribution in [2.75, 3.05) is 19.7 Å². The summed E-state index contributed by atoms with van der Waals surface area (Å²) in [5, 5.41) is 9.41. The molecular weight excluding hydrogens is 304 g/mol. The molecule has 0 amide bonds. The number of aromatic nitrogens is 3. The van der Waals surface area contributed by atoms with E-state index in [9.17, 15) is 0 Å². The zero-order chi connectivity index (χ0) is 14.1. The van der Waals surface area contributed by atoms with E-state index in [0.717, 1.165) is 23.0 Å². The van der Waals surface area contributed by atoms with E-state index in [2.05, 4.69) is 20.4 Å². The summed E-state index contributed by atoms with van der Waals surface area (Å²) in [6.07, 6.45) is 1.57. The number of hydrogen-bond donors (Lipinski definition) is 1. The number of rotatable bonds is 2. The lowest BCUT2D eigenvalue weighted by Gasteiger charge is -2.19. The molecule has 1 aliphatic heterocycles. The summed E-state index contributed by atoms with van der Waals surface area (Å²) in [5.74, 6) is 0.989. The lowest BCUT2D eigenvalue weighted by atomic mass is 10.1. The van der Waals surface area contributed by atoms with Gasteiger partial charge >= 0.3 is 0 Å². The van der Waals surface area contributed by atoms with Crippen LogP contribution in [0.25, 0.3) is 22.3 Å². The van der Waals surface area contributed by atoms with Gasteiger partial charge in [0.15, 0.2) is 0 Å². The van der Waals surface area contributed by atoms with Crippen molar-refractivity contribution >= 4 is 23.2 Å². The summed E-state index contributed by atoms with van der Waals surface area (Å²) in [6.45, 7) is 2.18. The van der Waals surface area contributed by atoms with E-state index >= 15 is 0 Å². The molecule has 1 saturated heterocycles. The van der Waals surface area contributed by atoms with Crippen LogP contribution in [-0.4, -0.2) is 34.8 Å². The van der Waals surface area contributed by atoms with Crippen molar-refractivity contribution in [2.45, 2.75) is 6.10 Å². The average molecular weight is 319 g/mol. The van der Waals surface area contributed by atoms with Crippen LogP contribution in [0.5, 0.6) is 0 Å². The van der Waals surface area contributed by atoms with Gasteiger partial charge in [-0.25, -0.2) is 0 Å². The second-order valence-corrected chi connectivity index (χ2v) is 4.90. The zero-order valence-corrected chi connectivity index (χ0v) is 12.5. The van der Waals surface area contributed by atoms with Crippen LogP contribution in [0.1, 0.15) is 12.0 Å². The molecule has 1 aromatic carbocycles. The van der Waals surface area contributed by atoms with Crippen molar-refractivity contribution in [3.63, 3.8) is 0 Å². The minimum atomic E-state index is -0.185. The van der Waals surface area contributed by atoms with Crippen LogP contribution in [-0.2, 0) is 4.74 Å². The van der Waals surface area contributed by atoms with Gasteiger partial charge < -0.3 is 14.6 Å². The number of morpholine rings is 1. The molecule has 7 heteroatoms. The normalized spacial score (nSPS) is 18.1. The van der Waals surface area contributed by atoms with Gasteiger partial charge in [0.25, 0.3) is 5.89 Å². The summed E-state index contributed by atoms with van der Waals surface area (Å²) in [5.41, 5.74) is 0.729. The molecule has 1 fully saturated rings. The Kier molecular flexibility index (Phi) is 4.33. The molecule has 0 spiro atoms. The van der Waals surface area contributed by atoms with Crippen molar-refractivity contribution in [1.82, 2.24) is 20.4 Å². The molecule has 1 N–H and O–H groups in total. The molecule has 2 aromatic heterocycles. The minimum absolute atomic E-state index is 0. The van der Waals surface area contributed by atoms with Crippen molar-refractivity contribution in [1.29, 1.82) is 0 Å². The molecule has 1 aliphatic rings. The van der Waals surface area contributed by atoms with Gasteiger partial charge in [-0.2, -0.15) is 4.98 Å². The highest BCUT2D eigenvalue weighted by molar-refractivity contribution is 5.92. The standard InChI is InChI=1S/C15H14N4O2.ClH/c1-2-4-11-10(3-1)5-6-17-13(11)14-18-15(21-19-14)12-9-16-7-8-20-12;/h1-6,12,16H,7-9H2;1H/t12-;/m1./s1. The number of nitrogens with one attached hydrogen (secondary N) is 1. The van der Waals surface area contributed by atoms with E-state index in [1.165, 1.54) is 0 Å². The van der Waals surface area contributed by atoms with Crippen molar-refractivity contribution in [3.8, 4) is 11.5 Å². The van der Waals surface area contributed by atoms with E-state index in [4.69, 9.17) is 9.26 Å². The summed E-state index contributed by atoms with van der Waals surface area (Å²) >= 11 is 0. The fraction of sp³-hybridized carbons (Fsp3) is 0.267. The Morgan fingerprint density at radius 1 is 1.18 bits per heavy atom. The van der Waals surface area contributed by atoms with Gasteiger partial charge in [-0.05, 0) is 11.5 Å². The van der Waals surface area contributed by atoms with Crippen molar-refractivity contribution in [3.05, 3.63) is 42.4 Å². The summed E-state index contributed by atoms with van der Waals surface area (Å²) in [4.78, 5) is 8.84. The maximum atomic E-state index is 5.62. The molecule has 1 atom stereocenters. The topological polar surface area (TPSA) is 73.1 Å². The molecule has 22 heavy (non-hydrogen) atoms. The number of hydrogen-bond acceptors (Lipinski definition) is 6. The Hall–Kier alpha value is -2.02. The SMILES string of the molecule is Cl.c1ccc2c(-c3noc([C@H]4CNCCO4)n3)nccc2c1. The van der Waals surface area contributed by atoms with Crippen LogP contribution in [0, 0.1) is 0 Å². The van der Waals surface area contributed by atoms with E-state index < -0.39 is 0 Å². The third-order valence-corrected chi connectivity index (χ3v) is 3.53. The molecule has 4 rings (SSSR count). The Balaban J connectivity index is 0.00000144. The first-order valence-corrected chi connectivity index (χ1v) is 6.92. The van der Waals surface area contributed by atoms with E-state index in [1.807, 2.05) is 30.3 Å². The quantitative estimate of drug-likeness (QED) is 0.782. The lowest BCUT2D eigenvalue weighted by Crippen LogP contribution is -2.33. The summed E-state index contributed by atoms with van der Waals surface area (Å²) in [7, 11) is 0. The van der Waals surface area contributed by atoms with Crippen LogP contribution in [0.4, 0.5) is 0 Å². The predicted octanol–water partition coefficient (Wildman–Crippen LogP) is 2.37. The van der Waals surface area contributed by atoms with E-state index in [1.54, 1.807) is 6.20 Å². The molecule has 0 radical (unpaired) electrons. The molecule has 6 nitrogen and oxygen atoms in total. The highest BCUT2D eigenvalue weighted by atomic mass is 35.5. The van der Waals surface area contributed by atoms with Gasteiger partial charge in [0.2, 0.25) is 5.82 Å². The molecule has 3 aromatic rings. The Bertz CT molecular complexity index is 766. The minimum Gasteiger partial charge on any atom is -0.366 e. The van der Waals surface area contributed by atoms with E-state index in [-0.39, 0.29) is 18.5 Å². The number of halogens is 1. The van der Waals surface area contributed by atoms with Gasteiger partial charge in [0.05, 0.1) is 6.61 Å². The van der Waals surface area contributed by atoms with Crippen LogP contribution in [0.3, 0.4) is 0 Å². The maximum absolute atomic E-state index is 5.62. The van der Waals surface area contributed by atoms with Gasteiger partial charge in [-0.3, -0.25) is 4.98 Å². The number of pyridine rings is 1. The monoisotopic (exact) mass is 318 g/mol. The predicted molar refractivity (Wildman–Crippen MR) is 83.8 cm³/mol. The van der Waals surface area contributed by atoms with Gasteiger partial charge in [-0.1, -0.05) is 29.4 Å². The van der Waals surface area contributed by atoms with Gasteiger partial charge in [-0.15, -0.1) is 12.4 Å². The smallest absolute Gasteiger partial charge is 0.257 e. The van der Waals surface area contributed by atoms with Gasteiger partial charge in [0.1, 0.15) is 11.8 Å². The molecule has 0 unspecified atom stereocenters. The Morgan fingerprint density at radius 2 is 2.09 bits per heavy atom. The summed E-state index contributed by atoms with van der Waals surface area (Å²) in [6, 6.07) is 9.98. The number of benzene rings is 1. The van der Waals surface area contributed by atoms with Crippen LogP contribution < -0.4 is 5.32 Å². The maximum Gasteiger partial charge on any atom is 0.257 e. The van der Waals surface area contributed by atoms with E-state index in [0.29, 0.717) is 24.9 Å². The Morgan fingerprint density at radius 3 is 2.95 bits per heavy atom. The highest BCUT2D eigenvalue weighted by Crippen LogP contribution is 2.26. The van der Waals surface area contributed by atoms with Crippen LogP contribution in [0.15, 0.2) is 41.1 Å². The van der Waals surface area contributed by atoms with Gasteiger partial charge in [0, 0.05) is 24.7 Å². The molecule has 0 bridgehead atoms. The molecule has 3 heterocycles. The zero-order valence-electron chi connectivity index (χ0n) is 11.7. The molecular formula is C15H15ClN4O2. The first-order valence-electron chi connectivity index (χ1n) is 6.92. The second kappa shape index (κ2) is 6.39. The second-order valence-electron chi connectivity index (χ2n) is 4.90.